The zero-order valence-electron chi connectivity index (χ0n) is 9.36. The fourth-order valence-electron chi connectivity index (χ4n) is 0.680. The van der Waals surface area contributed by atoms with E-state index in [0.29, 0.717) is 0 Å². The minimum Gasteiger partial charge on any atom is -0.0979 e. The SMILES string of the molecule is CCC#CP(C#CCC)C(C)(C)C. The van der Waals surface area contributed by atoms with E-state index in [0.717, 1.165) is 12.8 Å². The van der Waals surface area contributed by atoms with E-state index >= 15 is 0 Å². The van der Waals surface area contributed by atoms with E-state index in [2.05, 4.69) is 57.8 Å². The molecule has 0 aromatic heterocycles. The van der Waals surface area contributed by atoms with Crippen LogP contribution in [0.3, 0.4) is 0 Å². The lowest BCUT2D eigenvalue weighted by Crippen LogP contribution is -2.08. The van der Waals surface area contributed by atoms with Crippen molar-refractivity contribution in [1.29, 1.82) is 0 Å². The Morgan fingerprint density at radius 3 is 1.54 bits per heavy atom. The fourth-order valence-corrected chi connectivity index (χ4v) is 2.04. The van der Waals surface area contributed by atoms with Crippen LogP contribution in [0.25, 0.3) is 0 Å². The van der Waals surface area contributed by atoms with Crippen LogP contribution in [0.4, 0.5) is 0 Å². The van der Waals surface area contributed by atoms with Gasteiger partial charge in [0.25, 0.3) is 0 Å². The highest BCUT2D eigenvalue weighted by Gasteiger charge is 2.20. The summed E-state index contributed by atoms with van der Waals surface area (Å²) >= 11 is 0. The summed E-state index contributed by atoms with van der Waals surface area (Å²) in [7, 11) is -0.436. The molecule has 0 amide bonds. The van der Waals surface area contributed by atoms with E-state index in [9.17, 15) is 0 Å². The third kappa shape index (κ3) is 5.74. The highest BCUT2D eigenvalue weighted by molar-refractivity contribution is 7.69. The van der Waals surface area contributed by atoms with Crippen LogP contribution in [0.2, 0.25) is 0 Å². The molecule has 0 spiro atoms. The van der Waals surface area contributed by atoms with Crippen LogP contribution < -0.4 is 0 Å². The molecule has 0 bridgehead atoms. The molecule has 0 rings (SSSR count). The Balaban J connectivity index is 4.57. The number of hydrogen-bond donors (Lipinski definition) is 0. The predicted molar refractivity (Wildman–Crippen MR) is 62.8 cm³/mol. The van der Waals surface area contributed by atoms with Gasteiger partial charge in [-0.2, -0.15) is 0 Å². The van der Waals surface area contributed by atoms with E-state index < -0.39 is 7.92 Å². The van der Waals surface area contributed by atoms with E-state index in [1.807, 2.05) is 0 Å². The summed E-state index contributed by atoms with van der Waals surface area (Å²) in [4.78, 5) is 0. The molecule has 0 aliphatic heterocycles. The zero-order chi connectivity index (χ0) is 10.3. The predicted octanol–water partition coefficient (Wildman–Crippen LogP) is 4.01. The minimum absolute atomic E-state index is 0.236. The monoisotopic (exact) mass is 194 g/mol. The fraction of sp³-hybridized carbons (Fsp3) is 0.667. The van der Waals surface area contributed by atoms with Crippen LogP contribution in [0.5, 0.6) is 0 Å². The van der Waals surface area contributed by atoms with Gasteiger partial charge in [-0.3, -0.25) is 0 Å². The molecule has 0 saturated heterocycles. The Bertz CT molecular complexity index is 227. The summed E-state index contributed by atoms with van der Waals surface area (Å²) < 4.78 is 0. The van der Waals surface area contributed by atoms with Crippen molar-refractivity contribution < 1.29 is 0 Å². The molecule has 0 N–H and O–H groups in total. The highest BCUT2D eigenvalue weighted by Crippen LogP contribution is 2.47. The van der Waals surface area contributed by atoms with Crippen molar-refractivity contribution in [3.8, 4) is 23.2 Å². The van der Waals surface area contributed by atoms with Gasteiger partial charge in [0.15, 0.2) is 0 Å². The second kappa shape index (κ2) is 6.07. The molecule has 0 aromatic rings. The number of rotatable bonds is 0. The Hall–Kier alpha value is -0.450. The van der Waals surface area contributed by atoms with Gasteiger partial charge in [-0.15, -0.1) is 0 Å². The normalized spacial score (nSPS) is 10.0. The van der Waals surface area contributed by atoms with Crippen molar-refractivity contribution >= 4 is 7.92 Å². The Kier molecular flexibility index (Phi) is 5.86. The molecule has 0 fully saturated rings. The molecule has 72 valence electrons. The maximum Gasteiger partial charge on any atom is 0.0555 e. The molecule has 0 unspecified atom stereocenters. The summed E-state index contributed by atoms with van der Waals surface area (Å²) in [5.41, 5.74) is 6.57. The topological polar surface area (TPSA) is 0 Å². The van der Waals surface area contributed by atoms with Gasteiger partial charge >= 0.3 is 0 Å². The van der Waals surface area contributed by atoms with Crippen molar-refractivity contribution in [2.45, 2.75) is 52.6 Å². The first kappa shape index (κ1) is 12.6. The van der Waals surface area contributed by atoms with Crippen molar-refractivity contribution in [3.05, 3.63) is 0 Å². The van der Waals surface area contributed by atoms with Gasteiger partial charge in [-0.05, 0) is 0 Å². The molecule has 0 aromatic carbocycles. The molecule has 0 radical (unpaired) electrons. The molecule has 0 saturated carbocycles. The maximum absolute atomic E-state index is 3.29. The van der Waals surface area contributed by atoms with Gasteiger partial charge in [-0.1, -0.05) is 57.8 Å². The maximum atomic E-state index is 3.29. The lowest BCUT2D eigenvalue weighted by atomic mass is 10.3. The second-order valence-corrected chi connectivity index (χ2v) is 6.25. The van der Waals surface area contributed by atoms with Gasteiger partial charge in [0, 0.05) is 18.0 Å². The quantitative estimate of drug-likeness (QED) is 0.404. The van der Waals surface area contributed by atoms with Crippen molar-refractivity contribution in [2.75, 3.05) is 0 Å². The Labute approximate surface area is 84.3 Å². The van der Waals surface area contributed by atoms with E-state index in [1.54, 1.807) is 0 Å². The lowest BCUT2D eigenvalue weighted by molar-refractivity contribution is 0.794. The highest BCUT2D eigenvalue weighted by atomic mass is 31.1. The van der Waals surface area contributed by atoms with Crippen molar-refractivity contribution in [1.82, 2.24) is 0 Å². The summed E-state index contributed by atoms with van der Waals surface area (Å²) in [5.74, 6) is 6.28. The molecular weight excluding hydrogens is 175 g/mol. The summed E-state index contributed by atoms with van der Waals surface area (Å²) in [6.07, 6.45) is 1.87. The van der Waals surface area contributed by atoms with Gasteiger partial charge < -0.3 is 0 Å². The van der Waals surface area contributed by atoms with Gasteiger partial charge in [-0.25, -0.2) is 0 Å². The Morgan fingerprint density at radius 2 is 1.31 bits per heavy atom. The first-order chi connectivity index (χ1) is 6.02. The smallest absolute Gasteiger partial charge is 0.0555 e. The summed E-state index contributed by atoms with van der Waals surface area (Å²) in [6.45, 7) is 10.8. The molecule has 0 aliphatic carbocycles. The van der Waals surface area contributed by atoms with Crippen LogP contribution in [-0.2, 0) is 0 Å². The van der Waals surface area contributed by atoms with Gasteiger partial charge in [0.05, 0.1) is 7.92 Å². The molecule has 0 atom stereocenters. The van der Waals surface area contributed by atoms with Crippen LogP contribution in [0.15, 0.2) is 0 Å². The molecule has 1 heteroatoms. The van der Waals surface area contributed by atoms with Crippen LogP contribution in [-0.4, -0.2) is 5.16 Å². The summed E-state index contributed by atoms with van der Waals surface area (Å²) in [5, 5.41) is 0.236. The lowest BCUT2D eigenvalue weighted by Gasteiger charge is -2.21. The first-order valence-electron chi connectivity index (χ1n) is 4.79. The minimum atomic E-state index is -0.436. The first-order valence-corrected chi connectivity index (χ1v) is 6.13. The molecule has 0 aliphatic rings. The third-order valence-corrected chi connectivity index (χ3v) is 3.51. The Morgan fingerprint density at radius 1 is 0.923 bits per heavy atom. The largest absolute Gasteiger partial charge is 0.0979 e. The van der Waals surface area contributed by atoms with Crippen LogP contribution in [0.1, 0.15) is 47.5 Å². The average Bonchev–Trinajstić information content (AvgIpc) is 2.02. The van der Waals surface area contributed by atoms with Crippen LogP contribution >= 0.6 is 7.92 Å². The average molecular weight is 194 g/mol. The van der Waals surface area contributed by atoms with Crippen molar-refractivity contribution in [3.63, 3.8) is 0 Å². The van der Waals surface area contributed by atoms with E-state index in [4.69, 9.17) is 0 Å². The van der Waals surface area contributed by atoms with Crippen molar-refractivity contribution in [2.24, 2.45) is 0 Å². The standard InChI is InChI=1S/C12H19P/c1-6-8-10-13(11-9-7-2)12(3,4)5/h6-7H2,1-5H3. The molecule has 0 nitrogen and oxygen atoms in total. The van der Waals surface area contributed by atoms with Gasteiger partial charge in [0.1, 0.15) is 0 Å². The zero-order valence-corrected chi connectivity index (χ0v) is 10.3. The summed E-state index contributed by atoms with van der Waals surface area (Å²) in [6, 6.07) is 0. The second-order valence-electron chi connectivity index (χ2n) is 3.79. The molecule has 0 heterocycles. The molecular formula is C12H19P. The number of hydrogen-bond acceptors (Lipinski definition) is 0. The van der Waals surface area contributed by atoms with E-state index in [-0.39, 0.29) is 5.16 Å². The van der Waals surface area contributed by atoms with E-state index in [1.165, 1.54) is 0 Å². The van der Waals surface area contributed by atoms with Crippen LogP contribution in [0, 0.1) is 23.2 Å². The molecule has 13 heavy (non-hydrogen) atoms. The van der Waals surface area contributed by atoms with Gasteiger partial charge in [0.2, 0.25) is 0 Å². The third-order valence-electron chi connectivity index (χ3n) is 1.41.